The Labute approximate surface area is 137 Å². The molecule has 112 valence electrons. The van der Waals surface area contributed by atoms with Crippen LogP contribution in [0.1, 0.15) is 21.6 Å². The van der Waals surface area contributed by atoms with Crippen molar-refractivity contribution in [1.82, 2.24) is 4.90 Å². The van der Waals surface area contributed by atoms with E-state index in [0.29, 0.717) is 5.75 Å². The second kappa shape index (κ2) is 6.94. The zero-order valence-corrected chi connectivity index (χ0v) is 14.2. The molecular weight excluding hydrogens is 322 g/mol. The van der Waals surface area contributed by atoms with Crippen LogP contribution < -0.4 is 0 Å². The van der Waals surface area contributed by atoms with Crippen molar-refractivity contribution in [3.63, 3.8) is 0 Å². The van der Waals surface area contributed by atoms with Crippen LogP contribution in [0.3, 0.4) is 0 Å². The number of hydrogen-bond acceptors (Lipinski definition) is 5. The van der Waals surface area contributed by atoms with E-state index in [-0.39, 0.29) is 11.3 Å². The molecule has 1 fully saturated rings. The standard InChI is InChI=1S/C15H17NO2S3/c1-11-4-7-20-14(11)15-16(13(17)10-21-15)5-8-19-9-12-3-2-6-18-12/h2-4,6-7,15H,5,8-10H2,1H3. The lowest BCUT2D eigenvalue weighted by Crippen LogP contribution is -2.30. The maximum Gasteiger partial charge on any atom is 0.233 e. The lowest BCUT2D eigenvalue weighted by atomic mass is 10.3. The third kappa shape index (κ3) is 3.49. The van der Waals surface area contributed by atoms with Crippen molar-refractivity contribution < 1.29 is 9.21 Å². The maximum absolute atomic E-state index is 12.1. The highest BCUT2D eigenvalue weighted by molar-refractivity contribution is 8.00. The summed E-state index contributed by atoms with van der Waals surface area (Å²) in [6.07, 6.45) is 1.70. The number of carbonyl (C=O) groups is 1. The van der Waals surface area contributed by atoms with Gasteiger partial charge in [-0.15, -0.1) is 23.1 Å². The number of nitrogens with zero attached hydrogens (tertiary/aromatic N) is 1. The van der Waals surface area contributed by atoms with E-state index >= 15 is 0 Å². The Bertz CT molecular complexity index is 594. The zero-order valence-electron chi connectivity index (χ0n) is 11.8. The second-order valence-corrected chi connectivity index (χ2v) is 7.97. The summed E-state index contributed by atoms with van der Waals surface area (Å²) in [6.45, 7) is 2.93. The minimum Gasteiger partial charge on any atom is -0.468 e. The van der Waals surface area contributed by atoms with Crippen LogP contribution in [0.5, 0.6) is 0 Å². The van der Waals surface area contributed by atoms with E-state index < -0.39 is 0 Å². The summed E-state index contributed by atoms with van der Waals surface area (Å²) in [5, 5.41) is 2.32. The molecule has 0 saturated carbocycles. The van der Waals surface area contributed by atoms with Crippen LogP contribution in [0.2, 0.25) is 0 Å². The van der Waals surface area contributed by atoms with E-state index in [1.807, 2.05) is 28.8 Å². The smallest absolute Gasteiger partial charge is 0.233 e. The van der Waals surface area contributed by atoms with E-state index in [0.717, 1.165) is 23.8 Å². The van der Waals surface area contributed by atoms with Gasteiger partial charge in [-0.25, -0.2) is 0 Å². The molecule has 3 nitrogen and oxygen atoms in total. The number of thioether (sulfide) groups is 2. The molecule has 1 unspecified atom stereocenters. The average Bonchev–Trinajstić information content (AvgIpc) is 3.18. The summed E-state index contributed by atoms with van der Waals surface area (Å²) in [5.41, 5.74) is 1.29. The van der Waals surface area contributed by atoms with Crippen LogP contribution in [0, 0.1) is 6.92 Å². The molecule has 3 rings (SSSR count). The van der Waals surface area contributed by atoms with E-state index in [1.54, 1.807) is 29.4 Å². The second-order valence-electron chi connectivity index (χ2n) is 4.85. The molecule has 6 heteroatoms. The highest BCUT2D eigenvalue weighted by Crippen LogP contribution is 2.42. The largest absolute Gasteiger partial charge is 0.468 e. The van der Waals surface area contributed by atoms with Gasteiger partial charge in [-0.1, -0.05) is 0 Å². The van der Waals surface area contributed by atoms with Gasteiger partial charge in [0.1, 0.15) is 11.1 Å². The quantitative estimate of drug-likeness (QED) is 0.740. The van der Waals surface area contributed by atoms with Crippen LogP contribution in [0.25, 0.3) is 0 Å². The Kier molecular flexibility index (Phi) is 4.98. The molecule has 2 aromatic rings. The summed E-state index contributed by atoms with van der Waals surface area (Å²) in [6, 6.07) is 6.03. The molecule has 0 radical (unpaired) electrons. The van der Waals surface area contributed by atoms with Gasteiger partial charge in [0.2, 0.25) is 5.91 Å². The molecule has 0 N–H and O–H groups in total. The average molecular weight is 340 g/mol. The Balaban J connectivity index is 1.55. The summed E-state index contributed by atoms with van der Waals surface area (Å²) >= 11 is 5.31. The highest BCUT2D eigenvalue weighted by Gasteiger charge is 2.33. The fourth-order valence-electron chi connectivity index (χ4n) is 2.28. The van der Waals surface area contributed by atoms with Crippen LogP contribution in [0.4, 0.5) is 0 Å². The predicted octanol–water partition coefficient (Wildman–Crippen LogP) is 4.16. The number of rotatable bonds is 6. The minimum absolute atomic E-state index is 0.210. The number of furan rings is 1. The topological polar surface area (TPSA) is 33.5 Å². The number of amides is 1. The van der Waals surface area contributed by atoms with E-state index in [2.05, 4.69) is 18.4 Å². The number of aryl methyl sites for hydroxylation is 1. The van der Waals surface area contributed by atoms with Crippen molar-refractivity contribution in [1.29, 1.82) is 0 Å². The van der Waals surface area contributed by atoms with Crippen LogP contribution in [-0.2, 0) is 10.5 Å². The molecule has 0 aromatic carbocycles. The summed E-state index contributed by atoms with van der Waals surface area (Å²) < 4.78 is 5.32. The number of hydrogen-bond donors (Lipinski definition) is 0. The third-order valence-corrected chi connectivity index (χ3v) is 6.80. The molecule has 1 amide bonds. The van der Waals surface area contributed by atoms with Gasteiger partial charge in [0.15, 0.2) is 0 Å². The van der Waals surface area contributed by atoms with Crippen molar-refractivity contribution in [2.45, 2.75) is 18.1 Å². The Morgan fingerprint density at radius 3 is 3.10 bits per heavy atom. The fraction of sp³-hybridized carbons (Fsp3) is 0.400. The van der Waals surface area contributed by atoms with Crippen molar-refractivity contribution >= 4 is 40.8 Å². The highest BCUT2D eigenvalue weighted by atomic mass is 32.2. The van der Waals surface area contributed by atoms with Crippen molar-refractivity contribution in [2.24, 2.45) is 0 Å². The lowest BCUT2D eigenvalue weighted by molar-refractivity contribution is -0.127. The van der Waals surface area contributed by atoms with Crippen LogP contribution in [0.15, 0.2) is 34.3 Å². The molecular formula is C15H17NO2S3. The van der Waals surface area contributed by atoms with E-state index in [1.165, 1.54) is 10.4 Å². The summed E-state index contributed by atoms with van der Waals surface area (Å²) in [4.78, 5) is 15.4. The molecule has 2 aromatic heterocycles. The summed E-state index contributed by atoms with van der Waals surface area (Å²) in [5.74, 6) is 3.66. The first kappa shape index (κ1) is 15.1. The van der Waals surface area contributed by atoms with Gasteiger partial charge in [-0.05, 0) is 36.1 Å². The monoisotopic (exact) mass is 339 g/mol. The normalized spacial score (nSPS) is 18.6. The molecule has 1 atom stereocenters. The van der Waals surface area contributed by atoms with Crippen LogP contribution in [-0.4, -0.2) is 28.9 Å². The van der Waals surface area contributed by atoms with Crippen molar-refractivity contribution in [2.75, 3.05) is 18.1 Å². The Hall–Kier alpha value is -0.850. The molecule has 1 aliphatic rings. The fourth-order valence-corrected chi connectivity index (χ4v) is 5.61. The minimum atomic E-state index is 0.210. The Morgan fingerprint density at radius 2 is 2.38 bits per heavy atom. The number of carbonyl (C=O) groups excluding carboxylic acids is 1. The van der Waals surface area contributed by atoms with Crippen LogP contribution >= 0.6 is 34.9 Å². The van der Waals surface area contributed by atoms with Crippen molar-refractivity contribution in [3.8, 4) is 0 Å². The van der Waals surface area contributed by atoms with E-state index in [4.69, 9.17) is 4.42 Å². The zero-order chi connectivity index (χ0) is 14.7. The van der Waals surface area contributed by atoms with Gasteiger partial charge in [0.05, 0.1) is 17.8 Å². The van der Waals surface area contributed by atoms with Crippen molar-refractivity contribution in [3.05, 3.63) is 46.0 Å². The molecule has 21 heavy (non-hydrogen) atoms. The molecule has 0 bridgehead atoms. The summed E-state index contributed by atoms with van der Waals surface area (Å²) in [7, 11) is 0. The third-order valence-electron chi connectivity index (χ3n) is 3.40. The van der Waals surface area contributed by atoms with Gasteiger partial charge >= 0.3 is 0 Å². The molecule has 1 saturated heterocycles. The maximum atomic E-state index is 12.1. The van der Waals surface area contributed by atoms with Gasteiger partial charge in [0.25, 0.3) is 0 Å². The molecule has 0 aliphatic carbocycles. The predicted molar refractivity (Wildman–Crippen MR) is 90.8 cm³/mol. The lowest BCUT2D eigenvalue weighted by Gasteiger charge is -2.23. The van der Waals surface area contributed by atoms with Gasteiger partial charge in [-0.3, -0.25) is 4.79 Å². The Morgan fingerprint density at radius 1 is 1.48 bits per heavy atom. The van der Waals surface area contributed by atoms with Gasteiger partial charge < -0.3 is 9.32 Å². The van der Waals surface area contributed by atoms with Gasteiger partial charge in [-0.2, -0.15) is 11.8 Å². The number of thiophene rings is 1. The first-order valence-corrected chi connectivity index (χ1v) is 9.89. The molecule has 0 spiro atoms. The molecule has 3 heterocycles. The first-order valence-electron chi connectivity index (χ1n) is 6.81. The first-order chi connectivity index (χ1) is 10.3. The van der Waals surface area contributed by atoms with Gasteiger partial charge in [0, 0.05) is 17.2 Å². The molecule has 1 aliphatic heterocycles. The SMILES string of the molecule is Cc1ccsc1C1SCC(=O)N1CCSCc1ccco1. The van der Waals surface area contributed by atoms with E-state index in [9.17, 15) is 4.79 Å².